The highest BCUT2D eigenvalue weighted by Crippen LogP contribution is 2.52. The number of esters is 1. The van der Waals surface area contributed by atoms with Crippen molar-refractivity contribution in [3.8, 4) is 0 Å². The van der Waals surface area contributed by atoms with Crippen LogP contribution in [0.5, 0.6) is 0 Å². The van der Waals surface area contributed by atoms with Gasteiger partial charge in [0.2, 0.25) is 5.91 Å². The zero-order valence-corrected chi connectivity index (χ0v) is 10.9. The molecular weight excluding hydrogens is 230 g/mol. The zero-order chi connectivity index (χ0) is 13.2. The van der Waals surface area contributed by atoms with Crippen molar-refractivity contribution in [2.24, 2.45) is 11.3 Å². The summed E-state index contributed by atoms with van der Waals surface area (Å²) in [6, 6.07) is 0. The Hall–Kier alpha value is -1.58. The average molecular weight is 249 g/mol. The molecule has 2 saturated carbocycles. The molecule has 0 aromatic carbocycles. The Balaban J connectivity index is 1.86. The van der Waals surface area contributed by atoms with E-state index in [1.165, 1.54) is 7.11 Å². The van der Waals surface area contributed by atoms with E-state index in [-0.39, 0.29) is 17.8 Å². The lowest BCUT2D eigenvalue weighted by molar-refractivity contribution is -0.145. The van der Waals surface area contributed by atoms with E-state index in [1.807, 2.05) is 13.0 Å². The van der Waals surface area contributed by atoms with E-state index in [1.54, 1.807) is 12.3 Å². The largest absolute Gasteiger partial charge is 0.468 e. The van der Waals surface area contributed by atoms with Gasteiger partial charge in [-0.15, -0.1) is 0 Å². The number of ether oxygens (including phenoxy) is 1. The van der Waals surface area contributed by atoms with E-state index in [2.05, 4.69) is 5.32 Å². The molecule has 0 heterocycles. The lowest BCUT2D eigenvalue weighted by Gasteiger charge is -2.12. The van der Waals surface area contributed by atoms with Crippen molar-refractivity contribution in [2.45, 2.75) is 32.6 Å². The maximum Gasteiger partial charge on any atom is 0.315 e. The Labute approximate surface area is 107 Å². The van der Waals surface area contributed by atoms with Crippen molar-refractivity contribution in [1.29, 1.82) is 0 Å². The predicted molar refractivity (Wildman–Crippen MR) is 67.4 cm³/mol. The second-order valence-electron chi connectivity index (χ2n) is 5.07. The molecule has 4 nitrogen and oxygen atoms in total. The molecule has 0 atom stereocenters. The fourth-order valence-corrected chi connectivity index (χ4v) is 2.03. The molecule has 0 unspecified atom stereocenters. The Bertz CT molecular complexity index is 415. The summed E-state index contributed by atoms with van der Waals surface area (Å²) in [7, 11) is 1.42. The molecule has 0 radical (unpaired) electrons. The molecule has 2 aliphatic rings. The van der Waals surface area contributed by atoms with Gasteiger partial charge in [0.15, 0.2) is 0 Å². The minimum absolute atomic E-state index is 0.0893. The van der Waals surface area contributed by atoms with Gasteiger partial charge in [0.25, 0.3) is 0 Å². The minimum atomic E-state index is -0.403. The van der Waals surface area contributed by atoms with Gasteiger partial charge in [0, 0.05) is 12.1 Å². The Kier molecular flexibility index (Phi) is 3.55. The van der Waals surface area contributed by atoms with Crippen molar-refractivity contribution >= 4 is 11.9 Å². The highest BCUT2D eigenvalue weighted by Gasteiger charge is 2.52. The molecule has 1 N–H and O–H groups in total. The SMILES string of the molecule is COC(=O)C1(/C(C)=C/C=C/NC(=O)C2CC2)CC1. The average Bonchev–Trinajstić information content (AvgIpc) is 3.24. The van der Waals surface area contributed by atoms with Crippen molar-refractivity contribution in [3.63, 3.8) is 0 Å². The summed E-state index contributed by atoms with van der Waals surface area (Å²) in [5, 5.41) is 2.73. The molecular formula is C14H19NO3. The van der Waals surface area contributed by atoms with E-state index < -0.39 is 5.41 Å². The highest BCUT2D eigenvalue weighted by atomic mass is 16.5. The summed E-state index contributed by atoms with van der Waals surface area (Å²) < 4.78 is 4.81. The summed E-state index contributed by atoms with van der Waals surface area (Å²) in [5.74, 6) is 0.141. The minimum Gasteiger partial charge on any atom is -0.468 e. The lowest BCUT2D eigenvalue weighted by Crippen LogP contribution is -2.19. The van der Waals surface area contributed by atoms with Gasteiger partial charge in [-0.3, -0.25) is 9.59 Å². The summed E-state index contributed by atoms with van der Waals surface area (Å²) >= 11 is 0. The number of hydrogen-bond donors (Lipinski definition) is 1. The number of hydrogen-bond acceptors (Lipinski definition) is 3. The van der Waals surface area contributed by atoms with Gasteiger partial charge in [0.1, 0.15) is 0 Å². The van der Waals surface area contributed by atoms with Crippen LogP contribution in [0.15, 0.2) is 23.9 Å². The van der Waals surface area contributed by atoms with Gasteiger partial charge in [0.05, 0.1) is 12.5 Å². The Morgan fingerprint density at radius 3 is 2.50 bits per heavy atom. The third-order valence-electron chi connectivity index (χ3n) is 3.70. The first kappa shape index (κ1) is 12.9. The maximum atomic E-state index is 11.6. The third kappa shape index (κ3) is 2.63. The number of rotatable bonds is 5. The second kappa shape index (κ2) is 4.96. The number of methoxy groups -OCH3 is 1. The molecule has 0 aromatic rings. The lowest BCUT2D eigenvalue weighted by atomic mass is 9.97. The van der Waals surface area contributed by atoms with Crippen LogP contribution in [0.2, 0.25) is 0 Å². The summed E-state index contributed by atoms with van der Waals surface area (Å²) in [6.07, 6.45) is 8.99. The van der Waals surface area contributed by atoms with Crippen LogP contribution in [0, 0.1) is 11.3 Å². The van der Waals surface area contributed by atoms with Crippen LogP contribution in [-0.2, 0) is 14.3 Å². The normalized spacial score (nSPS) is 21.8. The smallest absolute Gasteiger partial charge is 0.315 e. The molecule has 4 heteroatoms. The number of amides is 1. The molecule has 98 valence electrons. The van der Waals surface area contributed by atoms with Crippen LogP contribution >= 0.6 is 0 Å². The third-order valence-corrected chi connectivity index (χ3v) is 3.70. The van der Waals surface area contributed by atoms with Gasteiger partial charge < -0.3 is 10.1 Å². The van der Waals surface area contributed by atoms with Gasteiger partial charge in [-0.25, -0.2) is 0 Å². The van der Waals surface area contributed by atoms with Crippen LogP contribution in [-0.4, -0.2) is 19.0 Å². The fraction of sp³-hybridized carbons (Fsp3) is 0.571. The topological polar surface area (TPSA) is 55.4 Å². The van der Waals surface area contributed by atoms with E-state index in [4.69, 9.17) is 4.74 Å². The first-order valence-corrected chi connectivity index (χ1v) is 6.33. The molecule has 0 spiro atoms. The van der Waals surface area contributed by atoms with Crippen LogP contribution in [0.4, 0.5) is 0 Å². The van der Waals surface area contributed by atoms with Crippen LogP contribution < -0.4 is 5.32 Å². The molecule has 0 aliphatic heterocycles. The fourth-order valence-electron chi connectivity index (χ4n) is 2.03. The molecule has 2 aliphatic carbocycles. The van der Waals surface area contributed by atoms with E-state index in [9.17, 15) is 9.59 Å². The van der Waals surface area contributed by atoms with Crippen molar-refractivity contribution < 1.29 is 14.3 Å². The van der Waals surface area contributed by atoms with Gasteiger partial charge in [-0.1, -0.05) is 11.6 Å². The molecule has 0 saturated heterocycles. The number of carbonyl (C=O) groups is 2. The summed E-state index contributed by atoms with van der Waals surface area (Å²) in [6.45, 7) is 1.93. The second-order valence-corrected chi connectivity index (χ2v) is 5.07. The number of nitrogens with one attached hydrogen (secondary N) is 1. The number of allylic oxidation sites excluding steroid dienone is 2. The molecule has 18 heavy (non-hydrogen) atoms. The Morgan fingerprint density at radius 2 is 2.00 bits per heavy atom. The quantitative estimate of drug-likeness (QED) is 0.598. The van der Waals surface area contributed by atoms with E-state index in [0.29, 0.717) is 0 Å². The highest BCUT2D eigenvalue weighted by molar-refractivity contribution is 5.83. The molecule has 0 bridgehead atoms. The van der Waals surface area contributed by atoms with Gasteiger partial charge >= 0.3 is 5.97 Å². The first-order chi connectivity index (χ1) is 8.60. The van der Waals surface area contributed by atoms with Crippen molar-refractivity contribution in [1.82, 2.24) is 5.32 Å². The zero-order valence-electron chi connectivity index (χ0n) is 10.9. The molecule has 0 aromatic heterocycles. The number of carbonyl (C=O) groups excluding carboxylic acids is 2. The molecule has 2 rings (SSSR count). The monoisotopic (exact) mass is 249 g/mol. The van der Waals surface area contributed by atoms with E-state index in [0.717, 1.165) is 31.3 Å². The maximum absolute atomic E-state index is 11.6. The van der Waals surface area contributed by atoms with Crippen LogP contribution in [0.25, 0.3) is 0 Å². The summed E-state index contributed by atoms with van der Waals surface area (Å²) in [5.41, 5.74) is 0.589. The van der Waals surface area contributed by atoms with E-state index >= 15 is 0 Å². The first-order valence-electron chi connectivity index (χ1n) is 6.33. The predicted octanol–water partition coefficient (Wildman–Crippen LogP) is 1.93. The standard InChI is InChI=1S/C14H19NO3/c1-10(14(7-8-14)13(17)18-2)4-3-9-15-12(16)11-5-6-11/h3-4,9,11H,5-8H2,1-2H3,(H,15,16)/b9-3+,10-4+. The van der Waals surface area contributed by atoms with Gasteiger partial charge in [-0.05, 0) is 38.7 Å². The molecule has 2 fully saturated rings. The van der Waals surface area contributed by atoms with Gasteiger partial charge in [-0.2, -0.15) is 0 Å². The van der Waals surface area contributed by atoms with Crippen LogP contribution in [0.3, 0.4) is 0 Å². The van der Waals surface area contributed by atoms with Crippen molar-refractivity contribution in [3.05, 3.63) is 23.9 Å². The van der Waals surface area contributed by atoms with Crippen LogP contribution in [0.1, 0.15) is 32.6 Å². The van der Waals surface area contributed by atoms with Crippen molar-refractivity contribution in [2.75, 3.05) is 7.11 Å². The molecule has 1 amide bonds. The summed E-state index contributed by atoms with van der Waals surface area (Å²) in [4.78, 5) is 23.0. The Morgan fingerprint density at radius 1 is 1.33 bits per heavy atom.